The highest BCUT2D eigenvalue weighted by atomic mass is 79.9. The number of nitrogens with two attached hydrogens (primary N) is 1. The van der Waals surface area contributed by atoms with Crippen LogP contribution in [0.15, 0.2) is 53.3 Å². The van der Waals surface area contributed by atoms with Crippen LogP contribution >= 0.6 is 39.1 Å². The summed E-state index contributed by atoms with van der Waals surface area (Å²) in [5, 5.41) is 3.07. The summed E-state index contributed by atoms with van der Waals surface area (Å²) in [6.45, 7) is 0.488. The minimum absolute atomic E-state index is 0.0588. The third-order valence-corrected chi connectivity index (χ3v) is 5.15. The second kappa shape index (κ2) is 7.98. The maximum absolute atomic E-state index is 12.5. The van der Waals surface area contributed by atoms with Gasteiger partial charge in [-0.2, -0.15) is 4.98 Å². The summed E-state index contributed by atoms with van der Waals surface area (Å²) in [7, 11) is 0. The maximum Gasteiger partial charge on any atom is 0.255 e. The number of benzene rings is 2. The molecule has 0 radical (unpaired) electrons. The Morgan fingerprint density at radius 1 is 1.14 bits per heavy atom. The van der Waals surface area contributed by atoms with E-state index in [1.54, 1.807) is 30.6 Å². The van der Waals surface area contributed by atoms with Gasteiger partial charge in [0.25, 0.3) is 5.91 Å². The molecule has 0 fully saturated rings. The fourth-order valence-electron chi connectivity index (χ4n) is 2.80. The van der Waals surface area contributed by atoms with E-state index in [1.807, 2.05) is 22.8 Å². The van der Waals surface area contributed by atoms with Crippen molar-refractivity contribution in [2.75, 3.05) is 11.1 Å². The van der Waals surface area contributed by atoms with Crippen molar-refractivity contribution in [3.05, 3.63) is 74.8 Å². The smallest absolute Gasteiger partial charge is 0.255 e. The SMILES string of the molecule is Nc1cc(Br)ccc1NC(=O)c1ccc(Cn2cnc3c(Cl)nc(Cl)nc32)cc1. The molecule has 4 rings (SSSR count). The van der Waals surface area contributed by atoms with Crippen LogP contribution in [-0.2, 0) is 6.54 Å². The van der Waals surface area contributed by atoms with Crippen molar-refractivity contribution in [1.29, 1.82) is 0 Å². The molecule has 0 bridgehead atoms. The van der Waals surface area contributed by atoms with Gasteiger partial charge in [0, 0.05) is 10.0 Å². The molecular weight excluding hydrogens is 479 g/mol. The van der Waals surface area contributed by atoms with Crippen molar-refractivity contribution in [1.82, 2.24) is 19.5 Å². The molecule has 4 aromatic rings. The number of anilines is 2. The molecule has 0 saturated heterocycles. The highest BCUT2D eigenvalue weighted by molar-refractivity contribution is 9.10. The highest BCUT2D eigenvalue weighted by Gasteiger charge is 2.12. The van der Waals surface area contributed by atoms with Crippen LogP contribution in [0.3, 0.4) is 0 Å². The summed E-state index contributed by atoms with van der Waals surface area (Å²) >= 11 is 15.3. The van der Waals surface area contributed by atoms with Gasteiger partial charge in [0.05, 0.1) is 24.2 Å². The Hall–Kier alpha value is -2.68. The topological polar surface area (TPSA) is 98.7 Å². The van der Waals surface area contributed by atoms with Crippen LogP contribution in [-0.4, -0.2) is 25.4 Å². The molecule has 0 aliphatic carbocycles. The molecule has 0 saturated carbocycles. The van der Waals surface area contributed by atoms with Gasteiger partial charge in [0.1, 0.15) is 5.52 Å². The van der Waals surface area contributed by atoms with Crippen LogP contribution in [0.25, 0.3) is 11.2 Å². The molecule has 146 valence electrons. The van der Waals surface area contributed by atoms with E-state index in [0.29, 0.717) is 34.6 Å². The maximum atomic E-state index is 12.5. The van der Waals surface area contributed by atoms with E-state index in [9.17, 15) is 4.79 Å². The first kappa shape index (κ1) is 19.6. The fraction of sp³-hybridized carbons (Fsp3) is 0.0526. The molecule has 29 heavy (non-hydrogen) atoms. The molecule has 0 aliphatic heterocycles. The summed E-state index contributed by atoms with van der Waals surface area (Å²) in [6, 6.07) is 12.5. The molecule has 2 heterocycles. The third kappa shape index (κ3) is 4.19. The molecular formula is C19H13BrCl2N6O. The molecule has 0 spiro atoms. The van der Waals surface area contributed by atoms with Gasteiger partial charge in [0.2, 0.25) is 5.28 Å². The second-order valence-corrected chi connectivity index (χ2v) is 7.82. The van der Waals surface area contributed by atoms with E-state index in [4.69, 9.17) is 28.9 Å². The van der Waals surface area contributed by atoms with Crippen LogP contribution in [0.1, 0.15) is 15.9 Å². The van der Waals surface area contributed by atoms with E-state index in [1.165, 1.54) is 0 Å². The summed E-state index contributed by atoms with van der Waals surface area (Å²) < 4.78 is 2.66. The number of nitrogens with zero attached hydrogens (tertiary/aromatic N) is 4. The predicted molar refractivity (Wildman–Crippen MR) is 117 cm³/mol. The van der Waals surface area contributed by atoms with Crippen LogP contribution in [0.5, 0.6) is 0 Å². The largest absolute Gasteiger partial charge is 0.397 e. The van der Waals surface area contributed by atoms with Crippen molar-refractivity contribution < 1.29 is 4.79 Å². The number of carbonyl (C=O) groups excluding carboxylic acids is 1. The van der Waals surface area contributed by atoms with Gasteiger partial charge in [-0.15, -0.1) is 0 Å². The lowest BCUT2D eigenvalue weighted by Crippen LogP contribution is -2.13. The van der Waals surface area contributed by atoms with Crippen molar-refractivity contribution in [2.45, 2.75) is 6.54 Å². The Balaban J connectivity index is 1.51. The normalized spacial score (nSPS) is 11.0. The number of halogens is 3. The number of rotatable bonds is 4. The zero-order chi connectivity index (χ0) is 20.5. The van der Waals surface area contributed by atoms with E-state index < -0.39 is 0 Å². The monoisotopic (exact) mass is 490 g/mol. The number of hydrogen-bond acceptors (Lipinski definition) is 5. The molecule has 0 unspecified atom stereocenters. The van der Waals surface area contributed by atoms with Gasteiger partial charge in [-0.1, -0.05) is 39.7 Å². The van der Waals surface area contributed by atoms with Crippen molar-refractivity contribution in [3.8, 4) is 0 Å². The van der Waals surface area contributed by atoms with E-state index in [-0.39, 0.29) is 16.3 Å². The summed E-state index contributed by atoms with van der Waals surface area (Å²) in [6.07, 6.45) is 1.62. The van der Waals surface area contributed by atoms with Crippen LogP contribution in [0, 0.1) is 0 Å². The molecule has 2 aromatic heterocycles. The second-order valence-electron chi connectivity index (χ2n) is 6.21. The van der Waals surface area contributed by atoms with Crippen molar-refractivity contribution in [3.63, 3.8) is 0 Å². The first-order valence-electron chi connectivity index (χ1n) is 8.40. The summed E-state index contributed by atoms with van der Waals surface area (Å²) in [4.78, 5) is 24.8. The van der Waals surface area contributed by atoms with E-state index in [2.05, 4.69) is 36.2 Å². The average Bonchev–Trinajstić information content (AvgIpc) is 3.07. The van der Waals surface area contributed by atoms with Crippen molar-refractivity contribution in [2.24, 2.45) is 0 Å². The van der Waals surface area contributed by atoms with Crippen LogP contribution in [0.4, 0.5) is 11.4 Å². The van der Waals surface area contributed by atoms with E-state index >= 15 is 0 Å². The Labute approximate surface area is 184 Å². The molecule has 2 aromatic carbocycles. The molecule has 1 amide bonds. The van der Waals surface area contributed by atoms with Crippen molar-refractivity contribution >= 4 is 67.6 Å². The van der Waals surface area contributed by atoms with Gasteiger partial charge >= 0.3 is 0 Å². The summed E-state index contributed by atoms with van der Waals surface area (Å²) in [5.74, 6) is -0.245. The Morgan fingerprint density at radius 3 is 2.62 bits per heavy atom. The third-order valence-electron chi connectivity index (χ3n) is 4.22. The molecule has 0 atom stereocenters. The van der Waals surface area contributed by atoms with E-state index in [0.717, 1.165) is 10.0 Å². The lowest BCUT2D eigenvalue weighted by molar-refractivity contribution is 0.102. The fourth-order valence-corrected chi connectivity index (χ4v) is 3.60. The molecule has 3 N–H and O–H groups in total. The predicted octanol–water partition coefficient (Wildman–Crippen LogP) is 4.78. The van der Waals surface area contributed by atoms with Gasteiger partial charge in [-0.3, -0.25) is 4.79 Å². The van der Waals surface area contributed by atoms with Crippen LogP contribution in [0.2, 0.25) is 10.4 Å². The molecule has 7 nitrogen and oxygen atoms in total. The zero-order valence-electron chi connectivity index (χ0n) is 14.7. The minimum Gasteiger partial charge on any atom is -0.397 e. The number of amides is 1. The number of nitrogen functional groups attached to an aromatic ring is 1. The Morgan fingerprint density at radius 2 is 1.90 bits per heavy atom. The Bertz CT molecular complexity index is 1230. The standard InChI is InChI=1S/C19H13BrCl2N6O/c20-12-5-6-14(13(23)7-12)25-18(29)11-3-1-10(2-4-11)8-28-9-24-15-16(21)26-19(22)27-17(15)28/h1-7,9H,8,23H2,(H,25,29). The number of fused-ring (bicyclic) bond motifs is 1. The molecule has 0 aliphatic rings. The number of imidazole rings is 1. The van der Waals surface area contributed by atoms with Gasteiger partial charge in [0.15, 0.2) is 10.8 Å². The highest BCUT2D eigenvalue weighted by Crippen LogP contribution is 2.24. The lowest BCUT2D eigenvalue weighted by atomic mass is 10.1. The number of aromatic nitrogens is 4. The quantitative estimate of drug-likeness (QED) is 0.243. The number of hydrogen-bond donors (Lipinski definition) is 2. The zero-order valence-corrected chi connectivity index (χ0v) is 17.8. The Kier molecular flexibility index (Phi) is 5.40. The minimum atomic E-state index is -0.245. The molecule has 10 heteroatoms. The van der Waals surface area contributed by atoms with Crippen LogP contribution < -0.4 is 11.1 Å². The van der Waals surface area contributed by atoms with Gasteiger partial charge < -0.3 is 15.6 Å². The first-order chi connectivity index (χ1) is 13.9. The number of carbonyl (C=O) groups is 1. The lowest BCUT2D eigenvalue weighted by Gasteiger charge is -2.09. The van der Waals surface area contributed by atoms with Gasteiger partial charge in [-0.05, 0) is 47.5 Å². The first-order valence-corrected chi connectivity index (χ1v) is 9.95. The van der Waals surface area contributed by atoms with Gasteiger partial charge in [-0.25, -0.2) is 9.97 Å². The summed E-state index contributed by atoms with van der Waals surface area (Å²) in [5.41, 5.74) is 9.47. The number of nitrogens with one attached hydrogen (secondary N) is 1. The average molecular weight is 492 g/mol.